The summed E-state index contributed by atoms with van der Waals surface area (Å²) in [4.78, 5) is 0. The second kappa shape index (κ2) is 7.99. The van der Waals surface area contributed by atoms with E-state index in [2.05, 4.69) is 17.3 Å². The maximum atomic E-state index is 10.4. The molecule has 6 nitrogen and oxygen atoms in total. The molecular weight excluding hydrogens is 294 g/mol. The Bertz CT molecular complexity index is 618. The number of nitrogens with zero attached hydrogens (tertiary/aromatic N) is 2. The first-order chi connectivity index (χ1) is 11.1. The largest absolute Gasteiger partial charge is 0.497 e. The number of hydrogen-bond acceptors (Lipinski definition) is 5. The van der Waals surface area contributed by atoms with Gasteiger partial charge in [-0.05, 0) is 24.1 Å². The number of methoxy groups -OCH3 is 2. The van der Waals surface area contributed by atoms with E-state index in [-0.39, 0.29) is 0 Å². The first-order valence-electron chi connectivity index (χ1n) is 7.70. The van der Waals surface area contributed by atoms with E-state index in [1.165, 1.54) is 0 Å². The number of benzene rings is 1. The Morgan fingerprint density at radius 1 is 1.22 bits per heavy atom. The highest BCUT2D eigenvalue weighted by molar-refractivity contribution is 5.39. The summed E-state index contributed by atoms with van der Waals surface area (Å²) in [7, 11) is 5.11. The van der Waals surface area contributed by atoms with E-state index in [1.807, 2.05) is 30.1 Å². The molecule has 0 amide bonds. The van der Waals surface area contributed by atoms with Crippen molar-refractivity contribution in [3.8, 4) is 11.5 Å². The van der Waals surface area contributed by atoms with Crippen LogP contribution in [0.2, 0.25) is 0 Å². The summed E-state index contributed by atoms with van der Waals surface area (Å²) in [5.41, 5.74) is 3.00. The maximum absolute atomic E-state index is 10.4. The van der Waals surface area contributed by atoms with E-state index in [1.54, 1.807) is 20.3 Å². The van der Waals surface area contributed by atoms with Gasteiger partial charge in [0.2, 0.25) is 0 Å². The highest BCUT2D eigenvalue weighted by atomic mass is 16.5. The molecule has 1 atom stereocenters. The van der Waals surface area contributed by atoms with Crippen molar-refractivity contribution in [2.45, 2.75) is 26.0 Å². The topological polar surface area (TPSA) is 68.5 Å². The molecule has 2 N–H and O–H groups in total. The number of rotatable bonds is 8. The molecule has 0 aliphatic rings. The Kier molecular flexibility index (Phi) is 6.01. The highest BCUT2D eigenvalue weighted by Crippen LogP contribution is 2.26. The van der Waals surface area contributed by atoms with Gasteiger partial charge in [-0.2, -0.15) is 5.10 Å². The molecule has 0 spiro atoms. The zero-order valence-electron chi connectivity index (χ0n) is 14.2. The highest BCUT2D eigenvalue weighted by Gasteiger charge is 2.12. The van der Waals surface area contributed by atoms with Gasteiger partial charge in [0.15, 0.2) is 0 Å². The monoisotopic (exact) mass is 319 g/mol. The Balaban J connectivity index is 1.98. The fourth-order valence-corrected chi connectivity index (χ4v) is 2.51. The zero-order chi connectivity index (χ0) is 16.8. The minimum Gasteiger partial charge on any atom is -0.497 e. The second-order valence-corrected chi connectivity index (χ2v) is 5.42. The third-order valence-corrected chi connectivity index (χ3v) is 3.74. The molecule has 0 radical (unpaired) electrons. The summed E-state index contributed by atoms with van der Waals surface area (Å²) in [6.45, 7) is 3.20. The van der Waals surface area contributed by atoms with Gasteiger partial charge in [-0.25, -0.2) is 0 Å². The first kappa shape index (κ1) is 17.3. The molecule has 2 aromatic rings. The molecule has 0 bridgehead atoms. The average Bonchev–Trinajstić information content (AvgIpc) is 2.93. The number of aliphatic hydroxyl groups is 1. The van der Waals surface area contributed by atoms with Gasteiger partial charge in [-0.3, -0.25) is 4.68 Å². The van der Waals surface area contributed by atoms with Crippen LogP contribution in [-0.4, -0.2) is 35.7 Å². The summed E-state index contributed by atoms with van der Waals surface area (Å²) in [5.74, 6) is 1.33. The van der Waals surface area contributed by atoms with Crippen LogP contribution in [0.3, 0.4) is 0 Å². The van der Waals surface area contributed by atoms with Gasteiger partial charge in [0.25, 0.3) is 0 Å². The van der Waals surface area contributed by atoms with Gasteiger partial charge < -0.3 is 19.9 Å². The number of hydrogen-bond donors (Lipinski definition) is 2. The van der Waals surface area contributed by atoms with Crippen LogP contribution in [0.25, 0.3) is 0 Å². The van der Waals surface area contributed by atoms with E-state index >= 15 is 0 Å². The molecule has 0 fully saturated rings. The molecule has 1 aromatic heterocycles. The normalized spacial score (nSPS) is 12.2. The van der Waals surface area contributed by atoms with Crippen molar-refractivity contribution in [3.63, 3.8) is 0 Å². The van der Waals surface area contributed by atoms with Crippen molar-refractivity contribution >= 4 is 0 Å². The van der Waals surface area contributed by atoms with Crippen LogP contribution in [-0.2, 0) is 20.0 Å². The van der Waals surface area contributed by atoms with Gasteiger partial charge in [0.1, 0.15) is 11.5 Å². The smallest absolute Gasteiger partial charge is 0.122 e. The Hall–Kier alpha value is -2.05. The van der Waals surface area contributed by atoms with Crippen molar-refractivity contribution in [2.75, 3.05) is 20.8 Å². The van der Waals surface area contributed by atoms with E-state index in [0.717, 1.165) is 23.2 Å². The van der Waals surface area contributed by atoms with Crippen LogP contribution in [0.4, 0.5) is 0 Å². The standard InChI is InChI=1S/C17H25N3O3/c1-5-16-13(11-20(2)19-16)9-18-10-17(21)12-6-14(22-3)8-15(7-12)23-4/h6-8,11,17-18,21H,5,9-10H2,1-4H3. The van der Waals surface area contributed by atoms with Gasteiger partial charge in [0.05, 0.1) is 26.0 Å². The maximum Gasteiger partial charge on any atom is 0.122 e. The third kappa shape index (κ3) is 4.46. The molecule has 0 saturated heterocycles. The van der Waals surface area contributed by atoms with Crippen molar-refractivity contribution in [2.24, 2.45) is 7.05 Å². The summed E-state index contributed by atoms with van der Waals surface area (Å²) in [5, 5.41) is 18.1. The van der Waals surface area contributed by atoms with Crippen LogP contribution >= 0.6 is 0 Å². The molecule has 6 heteroatoms. The van der Waals surface area contributed by atoms with Gasteiger partial charge in [-0.1, -0.05) is 6.92 Å². The van der Waals surface area contributed by atoms with Crippen LogP contribution in [0.15, 0.2) is 24.4 Å². The quantitative estimate of drug-likeness (QED) is 0.777. The second-order valence-electron chi connectivity index (χ2n) is 5.42. The van der Waals surface area contributed by atoms with Crippen LogP contribution in [0.5, 0.6) is 11.5 Å². The fraction of sp³-hybridized carbons (Fsp3) is 0.471. The van der Waals surface area contributed by atoms with Gasteiger partial charge in [-0.15, -0.1) is 0 Å². The predicted octanol–water partition coefficient (Wildman–Crippen LogP) is 1.82. The summed E-state index contributed by atoms with van der Waals surface area (Å²) >= 11 is 0. The Morgan fingerprint density at radius 3 is 2.43 bits per heavy atom. The minimum atomic E-state index is -0.638. The Labute approximate surface area is 137 Å². The third-order valence-electron chi connectivity index (χ3n) is 3.74. The lowest BCUT2D eigenvalue weighted by atomic mass is 10.1. The summed E-state index contributed by atoms with van der Waals surface area (Å²) in [6.07, 6.45) is 2.26. The number of aromatic nitrogens is 2. The minimum absolute atomic E-state index is 0.439. The van der Waals surface area contributed by atoms with Crippen LogP contribution in [0.1, 0.15) is 29.8 Å². The molecular formula is C17H25N3O3. The van der Waals surface area contributed by atoms with Crippen molar-refractivity contribution < 1.29 is 14.6 Å². The molecule has 1 aromatic carbocycles. The average molecular weight is 319 g/mol. The fourth-order valence-electron chi connectivity index (χ4n) is 2.51. The molecule has 2 rings (SSSR count). The van der Waals surface area contributed by atoms with Crippen LogP contribution < -0.4 is 14.8 Å². The lowest BCUT2D eigenvalue weighted by molar-refractivity contribution is 0.173. The Morgan fingerprint density at radius 2 is 1.87 bits per heavy atom. The molecule has 1 heterocycles. The van der Waals surface area contributed by atoms with E-state index in [9.17, 15) is 5.11 Å². The molecule has 0 aliphatic carbocycles. The summed E-state index contributed by atoms with van der Waals surface area (Å²) in [6, 6.07) is 5.42. The SMILES string of the molecule is CCc1nn(C)cc1CNCC(O)c1cc(OC)cc(OC)c1. The molecule has 1 unspecified atom stereocenters. The van der Waals surface area contributed by atoms with Gasteiger partial charge >= 0.3 is 0 Å². The molecule has 0 saturated carbocycles. The van der Waals surface area contributed by atoms with E-state index in [0.29, 0.717) is 24.6 Å². The van der Waals surface area contributed by atoms with Gasteiger partial charge in [0, 0.05) is 38.0 Å². The zero-order valence-corrected chi connectivity index (χ0v) is 14.2. The number of aliphatic hydroxyl groups excluding tert-OH is 1. The van der Waals surface area contributed by atoms with Crippen molar-refractivity contribution in [3.05, 3.63) is 41.2 Å². The molecule has 0 aliphatic heterocycles. The number of ether oxygens (including phenoxy) is 2. The first-order valence-corrected chi connectivity index (χ1v) is 7.70. The number of aryl methyl sites for hydroxylation is 2. The lowest BCUT2D eigenvalue weighted by Gasteiger charge is -2.14. The molecule has 126 valence electrons. The summed E-state index contributed by atoms with van der Waals surface area (Å²) < 4.78 is 12.3. The van der Waals surface area contributed by atoms with Crippen LogP contribution in [0, 0.1) is 0 Å². The van der Waals surface area contributed by atoms with E-state index in [4.69, 9.17) is 9.47 Å². The van der Waals surface area contributed by atoms with E-state index < -0.39 is 6.10 Å². The van der Waals surface area contributed by atoms with Crippen molar-refractivity contribution in [1.29, 1.82) is 0 Å². The molecule has 23 heavy (non-hydrogen) atoms. The van der Waals surface area contributed by atoms with Crippen molar-refractivity contribution in [1.82, 2.24) is 15.1 Å². The predicted molar refractivity (Wildman–Crippen MR) is 88.8 cm³/mol. The lowest BCUT2D eigenvalue weighted by Crippen LogP contribution is -2.21. The number of nitrogens with one attached hydrogen (secondary N) is 1.